The van der Waals surface area contributed by atoms with Gasteiger partial charge in [-0.1, -0.05) is 20.8 Å². The zero-order valence-corrected chi connectivity index (χ0v) is 14.4. The van der Waals surface area contributed by atoms with Crippen LogP contribution in [0.25, 0.3) is 0 Å². The fourth-order valence-corrected chi connectivity index (χ4v) is 3.34. The second kappa shape index (κ2) is 6.93. The number of aromatic nitrogens is 2. The van der Waals surface area contributed by atoms with E-state index in [4.69, 9.17) is 0 Å². The molecule has 2 rings (SSSR count). The van der Waals surface area contributed by atoms with Crippen molar-refractivity contribution in [2.24, 2.45) is 13.0 Å². The third-order valence-corrected chi connectivity index (χ3v) is 5.02. The van der Waals surface area contributed by atoms with Gasteiger partial charge in [0.15, 0.2) is 0 Å². The second-order valence-electron chi connectivity index (χ2n) is 7.21. The summed E-state index contributed by atoms with van der Waals surface area (Å²) in [4.78, 5) is 7.15. The van der Waals surface area contributed by atoms with Crippen LogP contribution < -0.4 is 5.32 Å². The third kappa shape index (κ3) is 4.07. The van der Waals surface area contributed by atoms with Gasteiger partial charge in [-0.3, -0.25) is 4.90 Å². The second-order valence-corrected chi connectivity index (χ2v) is 7.21. The minimum Gasteiger partial charge on any atom is -0.338 e. The molecule has 0 aliphatic carbocycles. The predicted octanol–water partition coefficient (Wildman–Crippen LogP) is 2.45. The Morgan fingerprint density at radius 3 is 2.81 bits per heavy atom. The number of nitrogens with zero attached hydrogens (tertiary/aromatic N) is 3. The van der Waals surface area contributed by atoms with Crippen LogP contribution in [-0.2, 0) is 13.5 Å². The summed E-state index contributed by atoms with van der Waals surface area (Å²) in [6.45, 7) is 12.7. The van der Waals surface area contributed by atoms with Crippen LogP contribution in [0.4, 0.5) is 0 Å². The van der Waals surface area contributed by atoms with Gasteiger partial charge >= 0.3 is 0 Å². The predicted molar refractivity (Wildman–Crippen MR) is 88.4 cm³/mol. The van der Waals surface area contributed by atoms with E-state index >= 15 is 0 Å². The molecule has 2 atom stereocenters. The molecule has 0 spiro atoms. The van der Waals surface area contributed by atoms with E-state index in [1.807, 2.05) is 12.4 Å². The van der Waals surface area contributed by atoms with Crippen molar-refractivity contribution in [1.29, 1.82) is 0 Å². The minimum absolute atomic E-state index is 0.276. The summed E-state index contributed by atoms with van der Waals surface area (Å²) in [5.74, 6) is 1.94. The first-order valence-corrected chi connectivity index (χ1v) is 8.39. The molecule has 1 fully saturated rings. The SMILES string of the molecule is CCC1(C)CNC(CC(C)C)CN1CCc1nccn1C. The van der Waals surface area contributed by atoms with Crippen molar-refractivity contribution in [1.82, 2.24) is 19.8 Å². The zero-order valence-electron chi connectivity index (χ0n) is 14.4. The van der Waals surface area contributed by atoms with Crippen LogP contribution in [-0.4, -0.2) is 45.7 Å². The molecule has 0 bridgehead atoms. The summed E-state index contributed by atoms with van der Waals surface area (Å²) in [7, 11) is 2.08. The number of hydrogen-bond acceptors (Lipinski definition) is 3. The highest BCUT2D eigenvalue weighted by Gasteiger charge is 2.36. The summed E-state index contributed by atoms with van der Waals surface area (Å²) >= 11 is 0. The van der Waals surface area contributed by atoms with Crippen molar-refractivity contribution in [3.63, 3.8) is 0 Å². The first-order chi connectivity index (χ1) is 9.94. The molecule has 1 saturated heterocycles. The largest absolute Gasteiger partial charge is 0.338 e. The van der Waals surface area contributed by atoms with Gasteiger partial charge in [0.25, 0.3) is 0 Å². The monoisotopic (exact) mass is 292 g/mol. The standard InChI is InChI=1S/C17H32N4/c1-6-17(4)13-19-15(11-14(2)3)12-21(17)9-7-16-18-8-10-20(16)5/h8,10,14-15,19H,6-7,9,11-13H2,1-5H3. The molecule has 120 valence electrons. The Balaban J connectivity index is 1.99. The summed E-state index contributed by atoms with van der Waals surface area (Å²) in [5, 5.41) is 3.76. The first-order valence-electron chi connectivity index (χ1n) is 8.39. The number of nitrogens with one attached hydrogen (secondary N) is 1. The number of imidazole rings is 1. The zero-order chi connectivity index (χ0) is 15.5. The van der Waals surface area contributed by atoms with E-state index in [1.54, 1.807) is 0 Å². The molecule has 1 aliphatic rings. The van der Waals surface area contributed by atoms with Crippen molar-refractivity contribution >= 4 is 0 Å². The lowest BCUT2D eigenvalue weighted by molar-refractivity contribution is 0.0449. The molecule has 0 saturated carbocycles. The molecule has 21 heavy (non-hydrogen) atoms. The highest BCUT2D eigenvalue weighted by Crippen LogP contribution is 2.24. The molecular weight excluding hydrogens is 260 g/mol. The maximum absolute atomic E-state index is 4.46. The summed E-state index contributed by atoms with van der Waals surface area (Å²) in [6.07, 6.45) is 7.42. The molecule has 1 N–H and O–H groups in total. The van der Waals surface area contributed by atoms with Gasteiger partial charge in [-0.05, 0) is 25.7 Å². The third-order valence-electron chi connectivity index (χ3n) is 5.02. The molecule has 0 aromatic carbocycles. The lowest BCUT2D eigenvalue weighted by Gasteiger charge is -2.48. The Kier molecular flexibility index (Phi) is 5.44. The molecule has 0 amide bonds. The van der Waals surface area contributed by atoms with Gasteiger partial charge in [0, 0.05) is 57.1 Å². The van der Waals surface area contributed by atoms with E-state index in [2.05, 4.69) is 54.5 Å². The van der Waals surface area contributed by atoms with E-state index in [9.17, 15) is 0 Å². The Bertz CT molecular complexity index is 440. The Morgan fingerprint density at radius 2 is 2.24 bits per heavy atom. The Labute approximate surface area is 129 Å². The average Bonchev–Trinajstić information content (AvgIpc) is 2.84. The molecular formula is C17H32N4. The molecule has 2 heterocycles. The fraction of sp³-hybridized carbons (Fsp3) is 0.824. The number of hydrogen-bond donors (Lipinski definition) is 1. The summed E-state index contributed by atoms with van der Waals surface area (Å²) < 4.78 is 2.14. The van der Waals surface area contributed by atoms with Crippen molar-refractivity contribution in [2.75, 3.05) is 19.6 Å². The van der Waals surface area contributed by atoms with E-state index < -0.39 is 0 Å². The van der Waals surface area contributed by atoms with Gasteiger partial charge in [-0.25, -0.2) is 4.98 Å². The van der Waals surface area contributed by atoms with Crippen molar-refractivity contribution in [3.05, 3.63) is 18.2 Å². The molecule has 0 radical (unpaired) electrons. The number of aryl methyl sites for hydroxylation is 1. The van der Waals surface area contributed by atoms with Crippen LogP contribution in [0.3, 0.4) is 0 Å². The van der Waals surface area contributed by atoms with Crippen LogP contribution >= 0.6 is 0 Å². The highest BCUT2D eigenvalue weighted by molar-refractivity contribution is 4.98. The van der Waals surface area contributed by atoms with Crippen molar-refractivity contribution in [2.45, 2.75) is 58.5 Å². The molecule has 4 heteroatoms. The summed E-state index contributed by atoms with van der Waals surface area (Å²) in [6, 6.07) is 0.631. The number of piperazine rings is 1. The quantitative estimate of drug-likeness (QED) is 0.874. The molecule has 1 aromatic heterocycles. The van der Waals surface area contributed by atoms with Gasteiger partial charge in [0.1, 0.15) is 5.82 Å². The van der Waals surface area contributed by atoms with Crippen LogP contribution in [0.2, 0.25) is 0 Å². The van der Waals surface area contributed by atoms with E-state index in [-0.39, 0.29) is 5.54 Å². The topological polar surface area (TPSA) is 33.1 Å². The molecule has 1 aliphatic heterocycles. The van der Waals surface area contributed by atoms with Crippen LogP contribution in [0.5, 0.6) is 0 Å². The minimum atomic E-state index is 0.276. The first kappa shape index (κ1) is 16.5. The molecule has 1 aromatic rings. The average molecular weight is 292 g/mol. The Morgan fingerprint density at radius 1 is 1.48 bits per heavy atom. The van der Waals surface area contributed by atoms with Gasteiger partial charge in [0.05, 0.1) is 0 Å². The van der Waals surface area contributed by atoms with E-state index in [0.29, 0.717) is 6.04 Å². The van der Waals surface area contributed by atoms with Crippen molar-refractivity contribution in [3.8, 4) is 0 Å². The fourth-order valence-electron chi connectivity index (χ4n) is 3.34. The van der Waals surface area contributed by atoms with Crippen LogP contribution in [0.15, 0.2) is 12.4 Å². The summed E-state index contributed by atoms with van der Waals surface area (Å²) in [5.41, 5.74) is 0.276. The van der Waals surface area contributed by atoms with Gasteiger partial charge in [-0.2, -0.15) is 0 Å². The maximum Gasteiger partial charge on any atom is 0.109 e. The van der Waals surface area contributed by atoms with Gasteiger partial charge in [-0.15, -0.1) is 0 Å². The maximum atomic E-state index is 4.46. The van der Waals surface area contributed by atoms with Gasteiger partial charge < -0.3 is 9.88 Å². The van der Waals surface area contributed by atoms with Crippen molar-refractivity contribution < 1.29 is 0 Å². The van der Waals surface area contributed by atoms with Gasteiger partial charge in [0.2, 0.25) is 0 Å². The normalized spacial score (nSPS) is 27.4. The highest BCUT2D eigenvalue weighted by atomic mass is 15.3. The Hall–Kier alpha value is -0.870. The molecule has 2 unspecified atom stereocenters. The van der Waals surface area contributed by atoms with E-state index in [1.165, 1.54) is 18.7 Å². The lowest BCUT2D eigenvalue weighted by Crippen LogP contribution is -2.63. The molecule has 4 nitrogen and oxygen atoms in total. The number of rotatable bonds is 6. The smallest absolute Gasteiger partial charge is 0.109 e. The van der Waals surface area contributed by atoms with Crippen LogP contribution in [0, 0.1) is 5.92 Å². The lowest BCUT2D eigenvalue weighted by atomic mass is 9.89. The van der Waals surface area contributed by atoms with E-state index in [0.717, 1.165) is 32.0 Å². The van der Waals surface area contributed by atoms with Crippen LogP contribution in [0.1, 0.15) is 46.4 Å².